The number of thiophene rings is 2. The fraction of sp³-hybridized carbons (Fsp3) is 0.0566. The van der Waals surface area contributed by atoms with E-state index in [1.54, 1.807) is 22.7 Å². The van der Waals surface area contributed by atoms with Gasteiger partial charge >= 0.3 is 0 Å². The molecule has 2 nitrogen and oxygen atoms in total. The van der Waals surface area contributed by atoms with Crippen LogP contribution in [0.4, 0.5) is 34.1 Å². The van der Waals surface area contributed by atoms with E-state index in [-0.39, 0.29) is 5.41 Å². The summed E-state index contributed by atoms with van der Waals surface area (Å²) in [6.07, 6.45) is 0. The largest absolute Gasteiger partial charge is 0.310 e. The summed E-state index contributed by atoms with van der Waals surface area (Å²) in [5, 5.41) is 9.36. The SMILES string of the molecule is CC1(C)c2ccccc2-c2ccc(N(c3ccc(-c4ccc(N(c5ccc6ccsc6c5)c5cccc6ccccc56)cc4)cc3)c3ccc4ccsc4c3)cc21. The van der Waals surface area contributed by atoms with Crippen LogP contribution < -0.4 is 9.80 Å². The third-order valence-corrected chi connectivity index (χ3v) is 13.6. The van der Waals surface area contributed by atoms with Crippen molar-refractivity contribution in [2.24, 2.45) is 0 Å². The number of rotatable bonds is 7. The lowest BCUT2D eigenvalue weighted by atomic mass is 9.82. The first-order valence-electron chi connectivity index (χ1n) is 19.5. The Labute approximate surface area is 341 Å². The highest BCUT2D eigenvalue weighted by Crippen LogP contribution is 2.51. The van der Waals surface area contributed by atoms with Crippen molar-refractivity contribution in [3.8, 4) is 22.3 Å². The molecule has 0 bridgehead atoms. The lowest BCUT2D eigenvalue weighted by Crippen LogP contribution is -2.16. The second-order valence-electron chi connectivity index (χ2n) is 15.4. The van der Waals surface area contributed by atoms with Gasteiger partial charge in [-0.1, -0.05) is 117 Å². The predicted octanol–water partition coefficient (Wildman–Crippen LogP) is 16.2. The smallest absolute Gasteiger partial charge is 0.0540 e. The van der Waals surface area contributed by atoms with E-state index < -0.39 is 0 Å². The average Bonchev–Trinajstić information content (AvgIpc) is 3.99. The number of nitrogens with zero attached hydrogens (tertiary/aromatic N) is 2. The fourth-order valence-electron chi connectivity index (χ4n) is 8.88. The van der Waals surface area contributed by atoms with Gasteiger partial charge in [0.1, 0.15) is 0 Å². The molecule has 0 fully saturated rings. The minimum atomic E-state index is -0.0821. The first-order valence-corrected chi connectivity index (χ1v) is 21.2. The summed E-state index contributed by atoms with van der Waals surface area (Å²) in [6, 6.07) is 67.3. The monoisotopic (exact) mass is 766 g/mol. The van der Waals surface area contributed by atoms with Crippen molar-refractivity contribution in [1.82, 2.24) is 0 Å². The Kier molecular flexibility index (Phi) is 7.92. The van der Waals surface area contributed by atoms with Crippen LogP contribution in [-0.4, -0.2) is 0 Å². The van der Waals surface area contributed by atoms with Crippen LogP contribution in [0.25, 0.3) is 53.2 Å². The molecule has 4 heteroatoms. The zero-order chi connectivity index (χ0) is 38.1. The van der Waals surface area contributed by atoms with Gasteiger partial charge in [-0.05, 0) is 139 Å². The van der Waals surface area contributed by atoms with Crippen LogP contribution in [0.1, 0.15) is 25.0 Å². The molecule has 0 atom stereocenters. The first-order chi connectivity index (χ1) is 28.0. The summed E-state index contributed by atoms with van der Waals surface area (Å²) in [7, 11) is 0. The van der Waals surface area contributed by atoms with Crippen LogP contribution in [0.2, 0.25) is 0 Å². The Balaban J connectivity index is 0.971. The van der Waals surface area contributed by atoms with Crippen molar-refractivity contribution in [1.29, 1.82) is 0 Å². The van der Waals surface area contributed by atoms with Crippen LogP contribution in [0.5, 0.6) is 0 Å². The number of hydrogen-bond donors (Lipinski definition) is 0. The first kappa shape index (κ1) is 33.8. The molecule has 0 N–H and O–H groups in total. The van der Waals surface area contributed by atoms with Gasteiger partial charge in [0, 0.05) is 48.6 Å². The Morgan fingerprint density at radius 3 is 1.61 bits per heavy atom. The molecule has 57 heavy (non-hydrogen) atoms. The van der Waals surface area contributed by atoms with Crippen molar-refractivity contribution < 1.29 is 0 Å². The van der Waals surface area contributed by atoms with Gasteiger partial charge in [0.05, 0.1) is 5.69 Å². The van der Waals surface area contributed by atoms with Crippen LogP contribution in [-0.2, 0) is 5.41 Å². The third-order valence-electron chi connectivity index (χ3n) is 11.8. The molecule has 1 aliphatic carbocycles. The molecule has 1 aliphatic rings. The van der Waals surface area contributed by atoms with Gasteiger partial charge in [0.15, 0.2) is 0 Å². The Bertz CT molecular complexity index is 3110. The number of hydrogen-bond acceptors (Lipinski definition) is 4. The molecular formula is C53H38N2S2. The lowest BCUT2D eigenvalue weighted by molar-refractivity contribution is 0.660. The average molecular weight is 767 g/mol. The minimum absolute atomic E-state index is 0.0821. The number of benzene rings is 8. The number of anilines is 6. The molecular weight excluding hydrogens is 729 g/mol. The standard InChI is InChI=1S/C53H38N2S2/c1-53(2)48-12-6-5-11-46(48)47-27-26-42(32-49(47)53)54(43-24-18-38-28-30-56-51(38)33-43)40-20-14-35(15-21-40)36-16-22-41(23-17-36)55(44-25-19-39-29-31-57-52(39)34-44)50-13-7-9-37-8-3-4-10-45(37)50/h3-34H,1-2H3. The van der Waals surface area contributed by atoms with E-state index in [1.165, 1.54) is 70.0 Å². The molecule has 8 aromatic carbocycles. The van der Waals surface area contributed by atoms with Gasteiger partial charge in [-0.15, -0.1) is 22.7 Å². The second kappa shape index (κ2) is 13.3. The van der Waals surface area contributed by atoms with Crippen LogP contribution in [0.15, 0.2) is 193 Å². The highest BCUT2D eigenvalue weighted by molar-refractivity contribution is 7.17. The van der Waals surface area contributed by atoms with Crippen molar-refractivity contribution in [3.63, 3.8) is 0 Å². The maximum Gasteiger partial charge on any atom is 0.0540 e. The lowest BCUT2D eigenvalue weighted by Gasteiger charge is -2.28. The molecule has 11 rings (SSSR count). The zero-order valence-corrected chi connectivity index (χ0v) is 33.3. The molecule has 272 valence electrons. The maximum absolute atomic E-state index is 2.42. The van der Waals surface area contributed by atoms with Gasteiger partial charge in [0.25, 0.3) is 0 Å². The second-order valence-corrected chi connectivity index (χ2v) is 17.3. The van der Waals surface area contributed by atoms with Crippen LogP contribution in [0, 0.1) is 0 Å². The normalized spacial score (nSPS) is 12.9. The molecule has 2 aromatic heterocycles. The molecule has 0 amide bonds. The summed E-state index contributed by atoms with van der Waals surface area (Å²) < 4.78 is 2.57. The highest BCUT2D eigenvalue weighted by Gasteiger charge is 2.35. The van der Waals surface area contributed by atoms with Crippen LogP contribution >= 0.6 is 22.7 Å². The van der Waals surface area contributed by atoms with Crippen molar-refractivity contribution >= 4 is 87.7 Å². The van der Waals surface area contributed by atoms with Crippen LogP contribution in [0.3, 0.4) is 0 Å². The Morgan fingerprint density at radius 1 is 0.386 bits per heavy atom. The van der Waals surface area contributed by atoms with Gasteiger partial charge in [-0.3, -0.25) is 0 Å². The molecule has 0 spiro atoms. The van der Waals surface area contributed by atoms with Crippen molar-refractivity contribution in [3.05, 3.63) is 204 Å². The summed E-state index contributed by atoms with van der Waals surface area (Å²) in [4.78, 5) is 4.81. The zero-order valence-electron chi connectivity index (χ0n) is 31.7. The molecule has 10 aromatic rings. The highest BCUT2D eigenvalue weighted by atomic mass is 32.1. The molecule has 0 saturated heterocycles. The van der Waals surface area contributed by atoms with E-state index in [0.717, 1.165) is 28.4 Å². The van der Waals surface area contributed by atoms with Crippen molar-refractivity contribution in [2.75, 3.05) is 9.80 Å². The topological polar surface area (TPSA) is 6.48 Å². The summed E-state index contributed by atoms with van der Waals surface area (Å²) >= 11 is 3.58. The maximum atomic E-state index is 2.42. The van der Waals surface area contributed by atoms with Gasteiger partial charge < -0.3 is 9.80 Å². The Hall–Kier alpha value is -6.46. The summed E-state index contributed by atoms with van der Waals surface area (Å²) in [5.41, 5.74) is 14.6. The third kappa shape index (κ3) is 5.67. The molecule has 0 aliphatic heterocycles. The number of fused-ring (bicyclic) bond motifs is 6. The van der Waals surface area contributed by atoms with E-state index in [0.29, 0.717) is 0 Å². The van der Waals surface area contributed by atoms with E-state index in [9.17, 15) is 0 Å². The van der Waals surface area contributed by atoms with Gasteiger partial charge in [-0.2, -0.15) is 0 Å². The van der Waals surface area contributed by atoms with E-state index in [2.05, 4.69) is 216 Å². The van der Waals surface area contributed by atoms with E-state index in [4.69, 9.17) is 0 Å². The molecule has 0 saturated carbocycles. The van der Waals surface area contributed by atoms with Gasteiger partial charge in [0.2, 0.25) is 0 Å². The Morgan fingerprint density at radius 2 is 0.912 bits per heavy atom. The van der Waals surface area contributed by atoms with Gasteiger partial charge in [-0.25, -0.2) is 0 Å². The van der Waals surface area contributed by atoms with E-state index in [1.807, 2.05) is 0 Å². The summed E-state index contributed by atoms with van der Waals surface area (Å²) in [5.74, 6) is 0. The molecule has 0 unspecified atom stereocenters. The van der Waals surface area contributed by atoms with E-state index >= 15 is 0 Å². The predicted molar refractivity (Wildman–Crippen MR) is 247 cm³/mol. The molecule has 0 radical (unpaired) electrons. The minimum Gasteiger partial charge on any atom is -0.310 e. The fourth-order valence-corrected chi connectivity index (χ4v) is 10.5. The summed E-state index contributed by atoms with van der Waals surface area (Å²) in [6.45, 7) is 4.71. The molecule has 2 heterocycles. The van der Waals surface area contributed by atoms with Crippen molar-refractivity contribution in [2.45, 2.75) is 19.3 Å². The quantitative estimate of drug-likeness (QED) is 0.159.